The minimum absolute atomic E-state index is 0.0890. The minimum atomic E-state index is -3.76. The van der Waals surface area contributed by atoms with Crippen LogP contribution in [0, 0.1) is 13.8 Å². The monoisotopic (exact) mass is 483 g/mol. The molecule has 0 unspecified atom stereocenters. The van der Waals surface area contributed by atoms with Crippen LogP contribution in [-0.2, 0) is 10.0 Å². The molecule has 3 aromatic carbocycles. The Morgan fingerprint density at radius 2 is 1.61 bits per heavy atom. The molecule has 0 bridgehead atoms. The summed E-state index contributed by atoms with van der Waals surface area (Å²) in [4.78, 5) is 12.5. The summed E-state index contributed by atoms with van der Waals surface area (Å²) in [6.45, 7) is 6.05. The maximum atomic E-state index is 12.8. The Labute approximate surface area is 199 Å². The smallest absolute Gasteiger partial charge is 0.261 e. The van der Waals surface area contributed by atoms with Crippen molar-refractivity contribution in [3.63, 3.8) is 0 Å². The molecule has 0 saturated heterocycles. The number of sulfonamides is 1. The molecule has 0 atom stereocenters. The summed E-state index contributed by atoms with van der Waals surface area (Å²) >= 11 is 5.21. The van der Waals surface area contributed by atoms with Gasteiger partial charge in [0.15, 0.2) is 5.11 Å². The number of rotatable bonds is 7. The quantitative estimate of drug-likeness (QED) is 0.424. The topological polar surface area (TPSA) is 96.5 Å². The summed E-state index contributed by atoms with van der Waals surface area (Å²) in [5, 5.41) is 5.57. The van der Waals surface area contributed by atoms with Gasteiger partial charge in [-0.25, -0.2) is 8.42 Å². The number of nitrogens with one attached hydrogen (secondary N) is 3. The largest absolute Gasteiger partial charge is 0.494 e. The number of thiocarbonyl (C=S) groups is 1. The van der Waals surface area contributed by atoms with Crippen LogP contribution in [0.2, 0.25) is 0 Å². The Kier molecular flexibility index (Phi) is 7.67. The lowest BCUT2D eigenvalue weighted by Crippen LogP contribution is -2.34. The molecule has 0 fully saturated rings. The van der Waals surface area contributed by atoms with Crippen LogP contribution in [0.5, 0.6) is 5.75 Å². The molecule has 0 saturated carbocycles. The average Bonchev–Trinajstić information content (AvgIpc) is 2.77. The van der Waals surface area contributed by atoms with E-state index in [9.17, 15) is 13.2 Å². The Hall–Kier alpha value is -3.43. The maximum Gasteiger partial charge on any atom is 0.261 e. The van der Waals surface area contributed by atoms with E-state index in [1.807, 2.05) is 39.0 Å². The molecule has 33 heavy (non-hydrogen) atoms. The lowest BCUT2D eigenvalue weighted by molar-refractivity contribution is 0.0977. The highest BCUT2D eigenvalue weighted by Crippen LogP contribution is 2.24. The first kappa shape index (κ1) is 24.2. The first-order chi connectivity index (χ1) is 15.7. The molecule has 0 radical (unpaired) electrons. The number of aryl methyl sites for hydroxylation is 2. The summed E-state index contributed by atoms with van der Waals surface area (Å²) in [5.74, 6) is 0.210. The highest BCUT2D eigenvalue weighted by molar-refractivity contribution is 7.92. The van der Waals surface area contributed by atoms with Crippen molar-refractivity contribution >= 4 is 44.6 Å². The molecular formula is C24H25N3O4S2. The van der Waals surface area contributed by atoms with Gasteiger partial charge in [0.1, 0.15) is 5.75 Å². The van der Waals surface area contributed by atoms with E-state index in [4.69, 9.17) is 17.0 Å². The summed E-state index contributed by atoms with van der Waals surface area (Å²) in [6, 6.07) is 18.4. The van der Waals surface area contributed by atoms with E-state index in [-0.39, 0.29) is 15.9 Å². The maximum absolute atomic E-state index is 12.8. The van der Waals surface area contributed by atoms with E-state index in [0.717, 1.165) is 11.1 Å². The molecule has 3 aromatic rings. The Balaban J connectivity index is 1.64. The molecule has 0 aromatic heterocycles. The van der Waals surface area contributed by atoms with Crippen molar-refractivity contribution in [2.45, 2.75) is 25.7 Å². The third-order valence-electron chi connectivity index (χ3n) is 4.77. The number of benzene rings is 3. The number of carbonyl (C=O) groups is 1. The number of ether oxygens (including phenoxy) is 1. The van der Waals surface area contributed by atoms with Crippen LogP contribution in [0.15, 0.2) is 71.6 Å². The zero-order valence-electron chi connectivity index (χ0n) is 18.5. The number of amides is 1. The molecule has 1 amide bonds. The lowest BCUT2D eigenvalue weighted by Gasteiger charge is -2.14. The molecule has 0 aliphatic carbocycles. The van der Waals surface area contributed by atoms with Gasteiger partial charge in [0, 0.05) is 11.3 Å². The van der Waals surface area contributed by atoms with Crippen LogP contribution in [0.25, 0.3) is 0 Å². The van der Waals surface area contributed by atoms with E-state index in [2.05, 4.69) is 15.4 Å². The molecular weight excluding hydrogens is 458 g/mol. The van der Waals surface area contributed by atoms with Gasteiger partial charge in [-0.2, -0.15) is 0 Å². The summed E-state index contributed by atoms with van der Waals surface area (Å²) in [6.07, 6.45) is 0. The predicted octanol–water partition coefficient (Wildman–Crippen LogP) is 4.63. The van der Waals surface area contributed by atoms with E-state index in [0.29, 0.717) is 29.3 Å². The van der Waals surface area contributed by atoms with Crippen molar-refractivity contribution < 1.29 is 17.9 Å². The second kappa shape index (κ2) is 10.5. The van der Waals surface area contributed by atoms with Gasteiger partial charge in [0.25, 0.3) is 15.9 Å². The average molecular weight is 484 g/mol. The second-order valence-corrected chi connectivity index (χ2v) is 9.36. The van der Waals surface area contributed by atoms with Crippen LogP contribution in [0.4, 0.5) is 11.4 Å². The fraction of sp³-hybridized carbons (Fsp3) is 0.167. The van der Waals surface area contributed by atoms with Crippen LogP contribution in [-0.4, -0.2) is 26.0 Å². The van der Waals surface area contributed by atoms with Gasteiger partial charge in [0.2, 0.25) is 0 Å². The number of carbonyl (C=O) groups excluding carboxylic acids is 1. The SMILES string of the molecule is CCOc1cccc(C(=O)NC(=S)Nc2ccc(S(=O)(=O)Nc3c(C)cccc3C)cc2)c1. The summed E-state index contributed by atoms with van der Waals surface area (Å²) in [7, 11) is -3.76. The fourth-order valence-electron chi connectivity index (χ4n) is 3.12. The van der Waals surface area contributed by atoms with Crippen molar-refractivity contribution in [1.29, 1.82) is 0 Å². The normalized spacial score (nSPS) is 10.9. The van der Waals surface area contributed by atoms with Gasteiger partial charge in [-0.05, 0) is 86.6 Å². The third kappa shape index (κ3) is 6.30. The van der Waals surface area contributed by atoms with Gasteiger partial charge < -0.3 is 10.1 Å². The highest BCUT2D eigenvalue weighted by Gasteiger charge is 2.17. The van der Waals surface area contributed by atoms with E-state index >= 15 is 0 Å². The van der Waals surface area contributed by atoms with Gasteiger partial charge in [-0.1, -0.05) is 24.3 Å². The fourth-order valence-corrected chi connectivity index (χ4v) is 4.53. The first-order valence-corrected chi connectivity index (χ1v) is 12.1. The summed E-state index contributed by atoms with van der Waals surface area (Å²) in [5.41, 5.74) is 3.19. The Morgan fingerprint density at radius 3 is 2.24 bits per heavy atom. The number of hydrogen-bond acceptors (Lipinski definition) is 5. The second-order valence-electron chi connectivity index (χ2n) is 7.27. The lowest BCUT2D eigenvalue weighted by atomic mass is 10.1. The zero-order valence-corrected chi connectivity index (χ0v) is 20.1. The number of para-hydroxylation sites is 1. The van der Waals surface area contributed by atoms with E-state index in [1.165, 1.54) is 12.1 Å². The van der Waals surface area contributed by atoms with E-state index in [1.54, 1.807) is 36.4 Å². The number of anilines is 2. The molecule has 0 spiro atoms. The van der Waals surface area contributed by atoms with Crippen LogP contribution in [0.1, 0.15) is 28.4 Å². The van der Waals surface area contributed by atoms with Crippen LogP contribution in [0.3, 0.4) is 0 Å². The zero-order chi connectivity index (χ0) is 24.0. The van der Waals surface area contributed by atoms with Crippen LogP contribution < -0.4 is 20.1 Å². The van der Waals surface area contributed by atoms with E-state index < -0.39 is 10.0 Å². The predicted molar refractivity (Wildman–Crippen MR) is 134 cm³/mol. The third-order valence-corrected chi connectivity index (χ3v) is 6.34. The van der Waals surface area contributed by atoms with Crippen molar-refractivity contribution in [2.24, 2.45) is 0 Å². The van der Waals surface area contributed by atoms with Gasteiger partial charge >= 0.3 is 0 Å². The molecule has 172 valence electrons. The minimum Gasteiger partial charge on any atom is -0.494 e. The molecule has 0 heterocycles. The standard InChI is InChI=1S/C24H25N3O4S2/c1-4-31-20-10-6-9-18(15-20)23(28)26-24(32)25-19-11-13-21(14-12-19)33(29,30)27-22-16(2)7-5-8-17(22)3/h5-15,27H,4H2,1-3H3,(H2,25,26,28,32). The summed E-state index contributed by atoms with van der Waals surface area (Å²) < 4.78 is 33.6. The van der Waals surface area contributed by atoms with Crippen LogP contribution >= 0.6 is 12.2 Å². The van der Waals surface area contributed by atoms with Crippen molar-refractivity contribution in [1.82, 2.24) is 5.32 Å². The van der Waals surface area contributed by atoms with Crippen molar-refractivity contribution in [2.75, 3.05) is 16.6 Å². The first-order valence-electron chi connectivity index (χ1n) is 10.2. The highest BCUT2D eigenvalue weighted by atomic mass is 32.2. The molecule has 0 aliphatic rings. The molecule has 3 N–H and O–H groups in total. The Morgan fingerprint density at radius 1 is 0.970 bits per heavy atom. The van der Waals surface area contributed by atoms with Crippen molar-refractivity contribution in [3.8, 4) is 5.75 Å². The van der Waals surface area contributed by atoms with Gasteiger partial charge in [-0.3, -0.25) is 14.8 Å². The molecule has 7 nitrogen and oxygen atoms in total. The van der Waals surface area contributed by atoms with Gasteiger partial charge in [0.05, 0.1) is 17.2 Å². The van der Waals surface area contributed by atoms with Gasteiger partial charge in [-0.15, -0.1) is 0 Å². The molecule has 0 aliphatic heterocycles. The van der Waals surface area contributed by atoms with Crippen molar-refractivity contribution in [3.05, 3.63) is 83.4 Å². The molecule has 9 heteroatoms. The molecule has 3 rings (SSSR count). The Bertz CT molecular complexity index is 1250. The number of hydrogen-bond donors (Lipinski definition) is 3.